The SMILES string of the molecule is [CH2]CC/C=C/C(CCCCCCCCCC[CH2])C(C)C. The minimum absolute atomic E-state index is 0.776. The highest BCUT2D eigenvalue weighted by Gasteiger charge is 2.08. The predicted octanol–water partition coefficient (Wildman–Crippen LogP) is 7.16. The molecule has 0 bridgehead atoms. The van der Waals surface area contributed by atoms with E-state index in [1.807, 2.05) is 0 Å². The van der Waals surface area contributed by atoms with E-state index in [-0.39, 0.29) is 0 Å². The van der Waals surface area contributed by atoms with Crippen molar-refractivity contribution in [1.29, 1.82) is 0 Å². The van der Waals surface area contributed by atoms with E-state index in [4.69, 9.17) is 0 Å². The first-order valence-corrected chi connectivity index (χ1v) is 8.97. The van der Waals surface area contributed by atoms with Crippen LogP contribution in [0.15, 0.2) is 12.2 Å². The molecule has 0 rings (SSSR count). The Labute approximate surface area is 129 Å². The average Bonchev–Trinajstić information content (AvgIpc) is 2.43. The number of unbranched alkanes of at least 4 members (excludes halogenated alkanes) is 9. The van der Waals surface area contributed by atoms with E-state index in [1.165, 1.54) is 57.8 Å². The van der Waals surface area contributed by atoms with Gasteiger partial charge in [0.05, 0.1) is 0 Å². The van der Waals surface area contributed by atoms with Crippen molar-refractivity contribution in [1.82, 2.24) is 0 Å². The van der Waals surface area contributed by atoms with Gasteiger partial charge in [-0.2, -0.15) is 0 Å². The van der Waals surface area contributed by atoms with Crippen molar-refractivity contribution in [3.8, 4) is 0 Å². The minimum Gasteiger partial charge on any atom is -0.0883 e. The van der Waals surface area contributed by atoms with E-state index in [0.29, 0.717) is 0 Å². The van der Waals surface area contributed by atoms with Crippen LogP contribution in [-0.2, 0) is 0 Å². The van der Waals surface area contributed by atoms with Crippen LogP contribution in [-0.4, -0.2) is 0 Å². The Morgan fingerprint density at radius 3 is 1.80 bits per heavy atom. The first kappa shape index (κ1) is 19.7. The second kappa shape index (κ2) is 15.1. The molecule has 1 atom stereocenters. The van der Waals surface area contributed by atoms with Gasteiger partial charge in [0.2, 0.25) is 0 Å². The van der Waals surface area contributed by atoms with E-state index in [1.54, 1.807) is 0 Å². The summed E-state index contributed by atoms with van der Waals surface area (Å²) in [5.74, 6) is 1.55. The number of hydrogen-bond donors (Lipinski definition) is 0. The van der Waals surface area contributed by atoms with Crippen LogP contribution in [0.5, 0.6) is 0 Å². The summed E-state index contributed by atoms with van der Waals surface area (Å²) in [4.78, 5) is 0. The Morgan fingerprint density at radius 1 is 0.750 bits per heavy atom. The number of allylic oxidation sites excluding steroid dienone is 2. The summed E-state index contributed by atoms with van der Waals surface area (Å²) < 4.78 is 0. The van der Waals surface area contributed by atoms with Crippen LogP contribution in [0, 0.1) is 25.7 Å². The fraction of sp³-hybridized carbons (Fsp3) is 0.800. The highest BCUT2D eigenvalue weighted by molar-refractivity contribution is 4.90. The fourth-order valence-electron chi connectivity index (χ4n) is 2.66. The van der Waals surface area contributed by atoms with Crippen molar-refractivity contribution in [2.75, 3.05) is 0 Å². The normalized spacial score (nSPS) is 13.4. The molecule has 20 heavy (non-hydrogen) atoms. The lowest BCUT2D eigenvalue weighted by Crippen LogP contribution is -2.05. The monoisotopic (exact) mass is 278 g/mol. The molecule has 0 fully saturated rings. The van der Waals surface area contributed by atoms with Crippen LogP contribution in [0.1, 0.15) is 90.9 Å². The summed E-state index contributed by atoms with van der Waals surface area (Å²) in [6.45, 7) is 12.5. The van der Waals surface area contributed by atoms with Crippen LogP contribution in [0.4, 0.5) is 0 Å². The summed E-state index contributed by atoms with van der Waals surface area (Å²) in [5.41, 5.74) is 0. The molecule has 0 saturated carbocycles. The third-order valence-electron chi connectivity index (χ3n) is 4.15. The summed E-state index contributed by atoms with van der Waals surface area (Å²) in [6.07, 6.45) is 20.6. The maximum Gasteiger partial charge on any atom is -0.0210 e. The van der Waals surface area contributed by atoms with E-state index in [2.05, 4.69) is 39.8 Å². The van der Waals surface area contributed by atoms with Gasteiger partial charge < -0.3 is 0 Å². The lowest BCUT2D eigenvalue weighted by Gasteiger charge is -2.16. The van der Waals surface area contributed by atoms with Gasteiger partial charge in [-0.05, 0) is 31.1 Å². The van der Waals surface area contributed by atoms with E-state index in [0.717, 1.165) is 31.1 Å². The maximum atomic E-state index is 3.90. The molecule has 0 spiro atoms. The van der Waals surface area contributed by atoms with Crippen LogP contribution >= 0.6 is 0 Å². The topological polar surface area (TPSA) is 0 Å². The molecule has 2 radical (unpaired) electrons. The van der Waals surface area contributed by atoms with Crippen molar-refractivity contribution >= 4 is 0 Å². The number of hydrogen-bond acceptors (Lipinski definition) is 0. The van der Waals surface area contributed by atoms with E-state index in [9.17, 15) is 0 Å². The Hall–Kier alpha value is -0.260. The van der Waals surface area contributed by atoms with Crippen molar-refractivity contribution in [3.63, 3.8) is 0 Å². The molecule has 0 aliphatic heterocycles. The molecule has 0 saturated heterocycles. The zero-order valence-electron chi connectivity index (χ0n) is 14.2. The van der Waals surface area contributed by atoms with Crippen LogP contribution < -0.4 is 0 Å². The van der Waals surface area contributed by atoms with Gasteiger partial charge in [-0.3, -0.25) is 0 Å². The second-order valence-electron chi connectivity index (χ2n) is 6.45. The van der Waals surface area contributed by atoms with Gasteiger partial charge >= 0.3 is 0 Å². The van der Waals surface area contributed by atoms with Gasteiger partial charge in [0.25, 0.3) is 0 Å². The van der Waals surface area contributed by atoms with Crippen LogP contribution in [0.3, 0.4) is 0 Å². The third-order valence-corrected chi connectivity index (χ3v) is 4.15. The third kappa shape index (κ3) is 12.8. The van der Waals surface area contributed by atoms with E-state index >= 15 is 0 Å². The van der Waals surface area contributed by atoms with Crippen molar-refractivity contribution < 1.29 is 0 Å². The average molecular weight is 279 g/mol. The van der Waals surface area contributed by atoms with Crippen molar-refractivity contribution in [3.05, 3.63) is 26.0 Å². The summed E-state index contributed by atoms with van der Waals surface area (Å²) in [6, 6.07) is 0. The molecule has 0 aromatic rings. The van der Waals surface area contributed by atoms with Crippen LogP contribution in [0.25, 0.3) is 0 Å². The molecule has 0 heterocycles. The molecule has 0 aliphatic rings. The van der Waals surface area contributed by atoms with Gasteiger partial charge in [0, 0.05) is 0 Å². The smallest absolute Gasteiger partial charge is 0.0210 e. The Morgan fingerprint density at radius 2 is 1.30 bits per heavy atom. The first-order chi connectivity index (χ1) is 9.72. The molecule has 1 unspecified atom stereocenters. The van der Waals surface area contributed by atoms with Gasteiger partial charge in [0.1, 0.15) is 0 Å². The lowest BCUT2D eigenvalue weighted by atomic mass is 9.89. The van der Waals surface area contributed by atoms with Crippen molar-refractivity contribution in [2.24, 2.45) is 11.8 Å². The zero-order chi connectivity index (χ0) is 15.1. The Balaban J connectivity index is 3.49. The zero-order valence-corrected chi connectivity index (χ0v) is 14.2. The minimum atomic E-state index is 0.776. The number of rotatable bonds is 14. The molecule has 0 nitrogen and oxygen atoms in total. The highest BCUT2D eigenvalue weighted by Crippen LogP contribution is 2.21. The fourth-order valence-corrected chi connectivity index (χ4v) is 2.66. The van der Waals surface area contributed by atoms with Gasteiger partial charge in [-0.1, -0.05) is 97.6 Å². The largest absolute Gasteiger partial charge is 0.0883 e. The van der Waals surface area contributed by atoms with Gasteiger partial charge in [-0.25, -0.2) is 0 Å². The molecule has 0 aromatic heterocycles. The molecule has 0 amide bonds. The first-order valence-electron chi connectivity index (χ1n) is 8.97. The standard InChI is InChI=1S/C20H38/c1-5-7-9-10-11-12-13-14-16-18-20(19(3)4)17-15-8-6-2/h15,17,19-20H,1-2,5-14,16,18H2,3-4H3/b17-15+. The predicted molar refractivity (Wildman–Crippen MR) is 93.6 cm³/mol. The molecular weight excluding hydrogens is 240 g/mol. The quantitative estimate of drug-likeness (QED) is 0.233. The molecule has 0 heteroatoms. The lowest BCUT2D eigenvalue weighted by molar-refractivity contribution is 0.412. The van der Waals surface area contributed by atoms with Crippen molar-refractivity contribution in [2.45, 2.75) is 90.9 Å². The molecule has 118 valence electrons. The molecule has 0 aliphatic carbocycles. The molecule has 0 aromatic carbocycles. The summed E-state index contributed by atoms with van der Waals surface area (Å²) >= 11 is 0. The second-order valence-corrected chi connectivity index (χ2v) is 6.45. The molecule has 0 N–H and O–H groups in total. The maximum absolute atomic E-state index is 3.90. The summed E-state index contributed by atoms with van der Waals surface area (Å²) in [5, 5.41) is 0. The summed E-state index contributed by atoms with van der Waals surface area (Å²) in [7, 11) is 0. The Bertz CT molecular complexity index is 202. The van der Waals surface area contributed by atoms with Gasteiger partial charge in [0.15, 0.2) is 0 Å². The molecular formula is C20H38. The Kier molecular flexibility index (Phi) is 14.9. The van der Waals surface area contributed by atoms with E-state index < -0.39 is 0 Å². The highest BCUT2D eigenvalue weighted by atomic mass is 14.1. The van der Waals surface area contributed by atoms with Gasteiger partial charge in [-0.15, -0.1) is 0 Å². The van der Waals surface area contributed by atoms with Crippen LogP contribution in [0.2, 0.25) is 0 Å².